The minimum Gasteiger partial charge on any atom is -0.493 e. The van der Waals surface area contributed by atoms with E-state index in [0.717, 1.165) is 15.8 Å². The molecule has 0 radical (unpaired) electrons. The van der Waals surface area contributed by atoms with Crippen LogP contribution in [0.4, 0.5) is 10.5 Å². The Labute approximate surface area is 184 Å². The summed E-state index contributed by atoms with van der Waals surface area (Å²) in [6.07, 6.45) is 1.79. The van der Waals surface area contributed by atoms with E-state index in [-0.39, 0.29) is 18.9 Å². The van der Waals surface area contributed by atoms with E-state index in [1.54, 1.807) is 24.3 Å². The van der Waals surface area contributed by atoms with Gasteiger partial charge in [0, 0.05) is 29.8 Å². The minimum absolute atomic E-state index is 0.0633. The standard InChI is InChI=1S/C23H24N4O5/c1-26-9-8-15-11-16(5-6-18(15)26)24-21(28)12-17-22(29)27(23(30)25-17)13-14-4-7-19(31-2)20(10-14)32-3/h4-11,17H,12-13H2,1-3H3,(H,24,28)(H,25,30)/t17-/m1/s1. The third-order valence-corrected chi connectivity index (χ3v) is 5.45. The lowest BCUT2D eigenvalue weighted by Gasteiger charge is -2.15. The zero-order valence-electron chi connectivity index (χ0n) is 18.0. The monoisotopic (exact) mass is 436 g/mol. The molecule has 1 aliphatic heterocycles. The van der Waals surface area contributed by atoms with E-state index >= 15 is 0 Å². The van der Waals surface area contributed by atoms with Gasteiger partial charge in [-0.2, -0.15) is 0 Å². The number of fused-ring (bicyclic) bond motifs is 1. The van der Waals surface area contributed by atoms with Crippen LogP contribution < -0.4 is 20.1 Å². The second-order valence-electron chi connectivity index (χ2n) is 7.57. The van der Waals surface area contributed by atoms with Gasteiger partial charge in [0.1, 0.15) is 6.04 Å². The summed E-state index contributed by atoms with van der Waals surface area (Å²) in [5.74, 6) is 0.255. The van der Waals surface area contributed by atoms with Crippen molar-refractivity contribution in [3.05, 3.63) is 54.2 Å². The van der Waals surface area contributed by atoms with Gasteiger partial charge >= 0.3 is 6.03 Å². The van der Waals surface area contributed by atoms with Crippen molar-refractivity contribution in [2.45, 2.75) is 19.0 Å². The number of ether oxygens (including phenoxy) is 2. The number of nitrogens with zero attached hydrogens (tertiary/aromatic N) is 2. The van der Waals surface area contributed by atoms with E-state index in [2.05, 4.69) is 10.6 Å². The zero-order chi connectivity index (χ0) is 22.8. The maximum absolute atomic E-state index is 12.8. The molecule has 0 spiro atoms. The molecular formula is C23H24N4O5. The van der Waals surface area contributed by atoms with Crippen molar-refractivity contribution >= 4 is 34.4 Å². The normalized spacial score (nSPS) is 15.7. The highest BCUT2D eigenvalue weighted by Crippen LogP contribution is 2.28. The Hall–Kier alpha value is -4.01. The first kappa shape index (κ1) is 21.2. The Morgan fingerprint density at radius 3 is 2.59 bits per heavy atom. The third kappa shape index (κ3) is 4.09. The van der Waals surface area contributed by atoms with Crippen LogP contribution in [0.2, 0.25) is 0 Å². The molecule has 1 atom stereocenters. The summed E-state index contributed by atoms with van der Waals surface area (Å²) in [6, 6.07) is 11.3. The van der Waals surface area contributed by atoms with E-state index in [4.69, 9.17) is 9.47 Å². The van der Waals surface area contributed by atoms with Crippen LogP contribution in [-0.4, -0.2) is 47.6 Å². The molecule has 1 fully saturated rings. The molecule has 9 heteroatoms. The van der Waals surface area contributed by atoms with Crippen LogP contribution in [-0.2, 0) is 23.2 Å². The van der Waals surface area contributed by atoms with Gasteiger partial charge in [-0.1, -0.05) is 6.07 Å². The number of urea groups is 1. The van der Waals surface area contributed by atoms with Gasteiger partial charge < -0.3 is 24.7 Å². The zero-order valence-corrected chi connectivity index (χ0v) is 18.0. The molecule has 166 valence electrons. The molecule has 2 aromatic carbocycles. The van der Waals surface area contributed by atoms with Crippen LogP contribution in [0.15, 0.2) is 48.7 Å². The number of benzene rings is 2. The molecule has 0 bridgehead atoms. The molecule has 0 unspecified atom stereocenters. The van der Waals surface area contributed by atoms with Crippen molar-refractivity contribution in [1.29, 1.82) is 0 Å². The average molecular weight is 436 g/mol. The van der Waals surface area contributed by atoms with E-state index in [1.165, 1.54) is 14.2 Å². The molecule has 0 aliphatic carbocycles. The largest absolute Gasteiger partial charge is 0.493 e. The second-order valence-corrected chi connectivity index (χ2v) is 7.57. The van der Waals surface area contributed by atoms with Gasteiger partial charge in [-0.05, 0) is 42.0 Å². The maximum atomic E-state index is 12.8. The van der Waals surface area contributed by atoms with Crippen molar-refractivity contribution in [3.63, 3.8) is 0 Å². The Bertz CT molecular complexity index is 1200. The smallest absolute Gasteiger partial charge is 0.325 e. The molecule has 1 aromatic heterocycles. The van der Waals surface area contributed by atoms with Crippen molar-refractivity contribution in [2.24, 2.45) is 7.05 Å². The van der Waals surface area contributed by atoms with Crippen molar-refractivity contribution in [2.75, 3.05) is 19.5 Å². The van der Waals surface area contributed by atoms with E-state index in [1.807, 2.05) is 36.0 Å². The second kappa shape index (κ2) is 8.62. The lowest BCUT2D eigenvalue weighted by molar-refractivity contribution is -0.130. The number of aromatic nitrogens is 1. The molecule has 4 rings (SSSR count). The number of nitrogens with one attached hydrogen (secondary N) is 2. The Morgan fingerprint density at radius 1 is 1.06 bits per heavy atom. The molecule has 0 saturated carbocycles. The predicted molar refractivity (Wildman–Crippen MR) is 119 cm³/mol. The number of anilines is 1. The van der Waals surface area contributed by atoms with Crippen LogP contribution in [0.3, 0.4) is 0 Å². The van der Waals surface area contributed by atoms with Gasteiger partial charge in [0.05, 0.1) is 27.2 Å². The van der Waals surface area contributed by atoms with Gasteiger partial charge in [0.2, 0.25) is 5.91 Å². The molecule has 1 aliphatic rings. The number of carbonyl (C=O) groups is 3. The Morgan fingerprint density at radius 2 is 1.84 bits per heavy atom. The lowest BCUT2D eigenvalue weighted by atomic mass is 10.1. The number of aryl methyl sites for hydroxylation is 1. The highest BCUT2D eigenvalue weighted by molar-refractivity contribution is 6.07. The summed E-state index contributed by atoms with van der Waals surface area (Å²) < 4.78 is 12.5. The summed E-state index contributed by atoms with van der Waals surface area (Å²) >= 11 is 0. The SMILES string of the molecule is COc1ccc(CN2C(=O)N[C@H](CC(=O)Nc3ccc4c(ccn4C)c3)C2=O)cc1OC. The fourth-order valence-corrected chi connectivity index (χ4v) is 3.78. The number of hydrogen-bond donors (Lipinski definition) is 2. The van der Waals surface area contributed by atoms with Crippen LogP contribution >= 0.6 is 0 Å². The third-order valence-electron chi connectivity index (χ3n) is 5.45. The first-order chi connectivity index (χ1) is 15.4. The number of carbonyl (C=O) groups excluding carboxylic acids is 3. The highest BCUT2D eigenvalue weighted by Gasteiger charge is 2.39. The van der Waals surface area contributed by atoms with Gasteiger partial charge in [0.15, 0.2) is 11.5 Å². The minimum atomic E-state index is -0.914. The molecule has 32 heavy (non-hydrogen) atoms. The molecule has 2 heterocycles. The van der Waals surface area contributed by atoms with Gasteiger partial charge in [-0.25, -0.2) is 4.79 Å². The number of rotatable bonds is 7. The van der Waals surface area contributed by atoms with Crippen LogP contribution in [0.25, 0.3) is 10.9 Å². The molecule has 9 nitrogen and oxygen atoms in total. The molecule has 1 saturated heterocycles. The number of imide groups is 1. The van der Waals surface area contributed by atoms with E-state index < -0.39 is 18.0 Å². The number of amides is 4. The maximum Gasteiger partial charge on any atom is 0.325 e. The van der Waals surface area contributed by atoms with Gasteiger partial charge in [0.25, 0.3) is 5.91 Å². The fraction of sp³-hybridized carbons (Fsp3) is 0.261. The molecule has 4 amide bonds. The summed E-state index contributed by atoms with van der Waals surface area (Å²) in [5, 5.41) is 6.39. The quantitative estimate of drug-likeness (QED) is 0.555. The fourth-order valence-electron chi connectivity index (χ4n) is 3.78. The average Bonchev–Trinajstić information content (AvgIpc) is 3.27. The number of hydrogen-bond acceptors (Lipinski definition) is 5. The number of methoxy groups -OCH3 is 2. The van der Waals surface area contributed by atoms with E-state index in [9.17, 15) is 14.4 Å². The highest BCUT2D eigenvalue weighted by atomic mass is 16.5. The van der Waals surface area contributed by atoms with Crippen LogP contribution in [0, 0.1) is 0 Å². The molecule has 3 aromatic rings. The molecule has 2 N–H and O–H groups in total. The first-order valence-corrected chi connectivity index (χ1v) is 10.1. The summed E-state index contributed by atoms with van der Waals surface area (Å²) in [5.41, 5.74) is 2.38. The predicted octanol–water partition coefficient (Wildman–Crippen LogP) is 2.64. The summed E-state index contributed by atoms with van der Waals surface area (Å²) in [7, 11) is 4.99. The Kier molecular flexibility index (Phi) is 5.72. The van der Waals surface area contributed by atoms with Crippen LogP contribution in [0.1, 0.15) is 12.0 Å². The summed E-state index contributed by atoms with van der Waals surface area (Å²) in [6.45, 7) is 0.0633. The molecular weight excluding hydrogens is 412 g/mol. The first-order valence-electron chi connectivity index (χ1n) is 10.1. The summed E-state index contributed by atoms with van der Waals surface area (Å²) in [4.78, 5) is 38.7. The van der Waals surface area contributed by atoms with Crippen molar-refractivity contribution in [1.82, 2.24) is 14.8 Å². The van der Waals surface area contributed by atoms with Gasteiger partial charge in [-0.3, -0.25) is 14.5 Å². The topological polar surface area (TPSA) is 102 Å². The Balaban J connectivity index is 1.40. The van der Waals surface area contributed by atoms with Crippen molar-refractivity contribution in [3.8, 4) is 11.5 Å². The van der Waals surface area contributed by atoms with Gasteiger partial charge in [-0.15, -0.1) is 0 Å². The lowest BCUT2D eigenvalue weighted by Crippen LogP contribution is -2.34. The van der Waals surface area contributed by atoms with Crippen LogP contribution in [0.5, 0.6) is 11.5 Å². The van der Waals surface area contributed by atoms with E-state index in [0.29, 0.717) is 22.7 Å². The van der Waals surface area contributed by atoms with Crippen molar-refractivity contribution < 1.29 is 23.9 Å².